The Bertz CT molecular complexity index is 203. The maximum Gasteiger partial charge on any atom is 0.220 e. The summed E-state index contributed by atoms with van der Waals surface area (Å²) >= 11 is 0. The van der Waals surface area contributed by atoms with E-state index in [9.17, 15) is 9.59 Å². The number of Topliss-reactive ketones (excluding diaryl/α,β-unsaturated/α-hetero) is 1. The number of nitrogens with one attached hydrogen (secondary N) is 1. The second-order valence-corrected chi connectivity index (χ2v) is 3.90. The van der Waals surface area contributed by atoms with Crippen LogP contribution in [-0.4, -0.2) is 43.8 Å². The van der Waals surface area contributed by atoms with E-state index in [-0.39, 0.29) is 11.7 Å². The van der Waals surface area contributed by atoms with Gasteiger partial charge in [-0.3, -0.25) is 9.59 Å². The number of hydrogen-bond donors (Lipinski definition) is 1. The van der Waals surface area contributed by atoms with Gasteiger partial charge in [0.25, 0.3) is 0 Å². The van der Waals surface area contributed by atoms with Crippen LogP contribution in [0.4, 0.5) is 0 Å². The minimum absolute atomic E-state index is 0.0180. The Morgan fingerprint density at radius 2 is 1.87 bits per heavy atom. The maximum atomic E-state index is 11.2. The first kappa shape index (κ1) is 14.1. The van der Waals surface area contributed by atoms with E-state index in [1.807, 2.05) is 21.0 Å². The summed E-state index contributed by atoms with van der Waals surface area (Å²) in [7, 11) is 4.00. The Morgan fingerprint density at radius 1 is 1.20 bits per heavy atom. The van der Waals surface area contributed by atoms with E-state index in [1.165, 1.54) is 0 Å². The molecule has 88 valence electrons. The van der Waals surface area contributed by atoms with Crippen molar-refractivity contribution in [3.8, 4) is 0 Å². The highest BCUT2D eigenvalue weighted by Crippen LogP contribution is 1.94. The molecule has 0 bridgehead atoms. The smallest absolute Gasteiger partial charge is 0.220 e. The van der Waals surface area contributed by atoms with Crippen LogP contribution in [0.2, 0.25) is 0 Å². The minimum Gasteiger partial charge on any atom is -0.356 e. The van der Waals surface area contributed by atoms with Crippen molar-refractivity contribution in [1.29, 1.82) is 0 Å². The fourth-order valence-electron chi connectivity index (χ4n) is 1.14. The predicted octanol–water partition coefficient (Wildman–Crippen LogP) is 0.814. The van der Waals surface area contributed by atoms with E-state index in [1.54, 1.807) is 0 Å². The standard InChI is InChI=1S/C11H22N2O2/c1-4-10(14)6-7-11(15)12-8-5-9-13(2)3/h4-9H2,1-3H3,(H,12,15). The molecular weight excluding hydrogens is 192 g/mol. The molecule has 1 N–H and O–H groups in total. The molecule has 0 aliphatic carbocycles. The lowest BCUT2D eigenvalue weighted by molar-refractivity contribution is -0.125. The van der Waals surface area contributed by atoms with Crippen LogP contribution in [0.25, 0.3) is 0 Å². The summed E-state index contributed by atoms with van der Waals surface area (Å²) < 4.78 is 0. The molecule has 0 spiro atoms. The summed E-state index contributed by atoms with van der Waals surface area (Å²) in [5, 5.41) is 2.80. The molecule has 0 radical (unpaired) electrons. The molecule has 0 heterocycles. The van der Waals surface area contributed by atoms with Crippen LogP contribution >= 0.6 is 0 Å². The number of amides is 1. The molecule has 0 unspecified atom stereocenters. The summed E-state index contributed by atoms with van der Waals surface area (Å²) in [4.78, 5) is 24.3. The van der Waals surface area contributed by atoms with E-state index in [4.69, 9.17) is 0 Å². The molecule has 4 heteroatoms. The first-order valence-corrected chi connectivity index (χ1v) is 5.49. The van der Waals surface area contributed by atoms with Gasteiger partial charge in [0.1, 0.15) is 5.78 Å². The summed E-state index contributed by atoms with van der Waals surface area (Å²) in [6.07, 6.45) is 2.17. The first-order valence-electron chi connectivity index (χ1n) is 5.49. The topological polar surface area (TPSA) is 49.4 Å². The van der Waals surface area contributed by atoms with E-state index < -0.39 is 0 Å². The second kappa shape index (κ2) is 8.41. The van der Waals surface area contributed by atoms with Crippen molar-refractivity contribution in [2.45, 2.75) is 32.6 Å². The quantitative estimate of drug-likeness (QED) is 0.608. The summed E-state index contributed by atoms with van der Waals surface area (Å²) in [6, 6.07) is 0. The Balaban J connectivity index is 3.37. The van der Waals surface area contributed by atoms with Crippen LogP contribution in [0.1, 0.15) is 32.6 Å². The Kier molecular flexibility index (Phi) is 7.91. The number of hydrogen-bond acceptors (Lipinski definition) is 3. The highest BCUT2D eigenvalue weighted by Gasteiger charge is 2.04. The van der Waals surface area contributed by atoms with Crippen LogP contribution in [0.5, 0.6) is 0 Å². The van der Waals surface area contributed by atoms with Crippen LogP contribution in [0.15, 0.2) is 0 Å². The summed E-state index contributed by atoms with van der Waals surface area (Å²) in [5.41, 5.74) is 0. The van der Waals surface area contributed by atoms with Gasteiger partial charge in [0, 0.05) is 25.8 Å². The van der Waals surface area contributed by atoms with Gasteiger partial charge in [-0.25, -0.2) is 0 Å². The van der Waals surface area contributed by atoms with Crippen molar-refractivity contribution in [2.24, 2.45) is 0 Å². The highest BCUT2D eigenvalue weighted by molar-refractivity contribution is 5.84. The van der Waals surface area contributed by atoms with Gasteiger partial charge in [0.15, 0.2) is 0 Å². The first-order chi connectivity index (χ1) is 7.06. The van der Waals surface area contributed by atoms with Crippen LogP contribution in [0.3, 0.4) is 0 Å². The van der Waals surface area contributed by atoms with Gasteiger partial charge in [0.2, 0.25) is 5.91 Å². The summed E-state index contributed by atoms with van der Waals surface area (Å²) in [5.74, 6) is 0.133. The normalized spacial score (nSPS) is 10.4. The number of carbonyl (C=O) groups is 2. The lowest BCUT2D eigenvalue weighted by Gasteiger charge is -2.09. The van der Waals surface area contributed by atoms with Gasteiger partial charge in [0.05, 0.1) is 0 Å². The molecule has 0 aromatic heterocycles. The van der Waals surface area contributed by atoms with Gasteiger partial charge in [-0.05, 0) is 27.1 Å². The molecule has 0 aromatic rings. The average molecular weight is 214 g/mol. The molecule has 0 fully saturated rings. The third-order valence-electron chi connectivity index (χ3n) is 2.13. The Morgan fingerprint density at radius 3 is 2.40 bits per heavy atom. The molecule has 0 saturated heterocycles. The van der Waals surface area contributed by atoms with Gasteiger partial charge in [-0.1, -0.05) is 6.92 Å². The largest absolute Gasteiger partial charge is 0.356 e. The molecule has 0 rings (SSSR count). The van der Waals surface area contributed by atoms with E-state index in [0.29, 0.717) is 25.8 Å². The zero-order chi connectivity index (χ0) is 11.7. The van der Waals surface area contributed by atoms with E-state index in [2.05, 4.69) is 10.2 Å². The molecule has 1 amide bonds. The minimum atomic E-state index is -0.0180. The molecule has 15 heavy (non-hydrogen) atoms. The zero-order valence-corrected chi connectivity index (χ0v) is 10.0. The number of rotatable bonds is 8. The van der Waals surface area contributed by atoms with Crippen LogP contribution in [0, 0.1) is 0 Å². The Labute approximate surface area is 92.0 Å². The van der Waals surface area contributed by atoms with Crippen molar-refractivity contribution < 1.29 is 9.59 Å². The van der Waals surface area contributed by atoms with Gasteiger partial charge < -0.3 is 10.2 Å². The van der Waals surface area contributed by atoms with Crippen LogP contribution in [-0.2, 0) is 9.59 Å². The SMILES string of the molecule is CCC(=O)CCC(=O)NCCCN(C)C. The number of nitrogens with zero attached hydrogens (tertiary/aromatic N) is 1. The lowest BCUT2D eigenvalue weighted by atomic mass is 10.2. The average Bonchev–Trinajstić information content (AvgIpc) is 2.20. The fraction of sp³-hybridized carbons (Fsp3) is 0.818. The third kappa shape index (κ3) is 9.41. The van der Waals surface area contributed by atoms with Crippen molar-refractivity contribution in [1.82, 2.24) is 10.2 Å². The van der Waals surface area contributed by atoms with E-state index in [0.717, 1.165) is 13.0 Å². The predicted molar refractivity (Wildman–Crippen MR) is 60.7 cm³/mol. The lowest BCUT2D eigenvalue weighted by Crippen LogP contribution is -2.27. The molecular formula is C11H22N2O2. The van der Waals surface area contributed by atoms with Crippen molar-refractivity contribution in [2.75, 3.05) is 27.2 Å². The molecule has 4 nitrogen and oxygen atoms in total. The van der Waals surface area contributed by atoms with Crippen molar-refractivity contribution in [3.05, 3.63) is 0 Å². The van der Waals surface area contributed by atoms with Gasteiger partial charge in [-0.15, -0.1) is 0 Å². The fourth-order valence-corrected chi connectivity index (χ4v) is 1.14. The third-order valence-corrected chi connectivity index (χ3v) is 2.13. The summed E-state index contributed by atoms with van der Waals surface area (Å²) in [6.45, 7) is 3.48. The van der Waals surface area contributed by atoms with Gasteiger partial charge in [-0.2, -0.15) is 0 Å². The molecule has 0 aromatic carbocycles. The monoisotopic (exact) mass is 214 g/mol. The Hall–Kier alpha value is -0.900. The number of ketones is 1. The molecule has 0 aliphatic rings. The van der Waals surface area contributed by atoms with Crippen LogP contribution < -0.4 is 5.32 Å². The molecule has 0 aliphatic heterocycles. The second-order valence-electron chi connectivity index (χ2n) is 3.90. The number of carbonyl (C=O) groups excluding carboxylic acids is 2. The van der Waals surface area contributed by atoms with E-state index >= 15 is 0 Å². The van der Waals surface area contributed by atoms with Crippen molar-refractivity contribution in [3.63, 3.8) is 0 Å². The zero-order valence-electron chi connectivity index (χ0n) is 10.0. The highest BCUT2D eigenvalue weighted by atomic mass is 16.2. The van der Waals surface area contributed by atoms with Crippen molar-refractivity contribution >= 4 is 11.7 Å². The van der Waals surface area contributed by atoms with Gasteiger partial charge >= 0.3 is 0 Å². The molecule has 0 atom stereocenters. The maximum absolute atomic E-state index is 11.2. The molecule has 0 saturated carbocycles.